The lowest BCUT2D eigenvalue weighted by Crippen LogP contribution is -2.53. The van der Waals surface area contributed by atoms with Gasteiger partial charge in [0.1, 0.15) is 12.6 Å². The lowest BCUT2D eigenvalue weighted by molar-refractivity contribution is -0.139. The molecule has 1 unspecified atom stereocenters. The van der Waals surface area contributed by atoms with Crippen LogP contribution in [0.5, 0.6) is 0 Å². The quantitative estimate of drug-likeness (QED) is 0.493. The molecule has 0 spiro atoms. The van der Waals surface area contributed by atoms with Crippen LogP contribution in [0.3, 0.4) is 0 Å². The molecule has 196 valence electrons. The predicted octanol–water partition coefficient (Wildman–Crippen LogP) is 3.92. The first kappa shape index (κ1) is 27.7. The Kier molecular flexibility index (Phi) is 9.93. The molecule has 2 amide bonds. The number of hydrogen-bond donors (Lipinski definition) is 1. The highest BCUT2D eigenvalue weighted by Gasteiger charge is 2.30. The van der Waals surface area contributed by atoms with Crippen molar-refractivity contribution in [1.29, 1.82) is 0 Å². The van der Waals surface area contributed by atoms with Gasteiger partial charge >= 0.3 is 0 Å². The zero-order valence-corrected chi connectivity index (χ0v) is 22.5. The van der Waals surface area contributed by atoms with Crippen LogP contribution in [0.1, 0.15) is 57.1 Å². The Morgan fingerprint density at radius 2 is 1.61 bits per heavy atom. The molecule has 0 bridgehead atoms. The minimum Gasteiger partial charge on any atom is -0.352 e. The van der Waals surface area contributed by atoms with Crippen LogP contribution in [0.4, 0.5) is 5.69 Å². The summed E-state index contributed by atoms with van der Waals surface area (Å²) >= 11 is 0. The van der Waals surface area contributed by atoms with Gasteiger partial charge in [-0.15, -0.1) is 0 Å². The summed E-state index contributed by atoms with van der Waals surface area (Å²) in [6.45, 7) is 3.70. The monoisotopic (exact) mass is 513 g/mol. The third-order valence-electron chi connectivity index (χ3n) is 6.91. The SMILES string of the molecule is CCc1ccc(N(CC(=O)N(CCc2ccccc2)C(C)C(=O)NC2CCCCC2)S(C)(=O)=O)cc1. The second-order valence-electron chi connectivity index (χ2n) is 9.63. The van der Waals surface area contributed by atoms with Crippen molar-refractivity contribution in [3.05, 3.63) is 65.7 Å². The van der Waals surface area contributed by atoms with Gasteiger partial charge in [0, 0.05) is 12.6 Å². The summed E-state index contributed by atoms with van der Waals surface area (Å²) < 4.78 is 26.5. The van der Waals surface area contributed by atoms with E-state index in [4.69, 9.17) is 0 Å². The molecule has 1 aliphatic carbocycles. The number of aryl methyl sites for hydroxylation is 1. The van der Waals surface area contributed by atoms with E-state index in [-0.39, 0.29) is 18.5 Å². The molecule has 2 aromatic carbocycles. The Morgan fingerprint density at radius 3 is 2.19 bits per heavy atom. The smallest absolute Gasteiger partial charge is 0.244 e. The number of carbonyl (C=O) groups excluding carboxylic acids is 2. The fourth-order valence-corrected chi connectivity index (χ4v) is 5.50. The summed E-state index contributed by atoms with van der Waals surface area (Å²) in [5, 5.41) is 3.12. The van der Waals surface area contributed by atoms with Crippen LogP contribution >= 0.6 is 0 Å². The molecule has 36 heavy (non-hydrogen) atoms. The molecule has 3 rings (SSSR count). The summed E-state index contributed by atoms with van der Waals surface area (Å²) in [6, 6.07) is 16.4. The Bertz CT molecular complexity index is 1100. The maximum atomic E-state index is 13.6. The van der Waals surface area contributed by atoms with Crippen LogP contribution in [0, 0.1) is 0 Å². The van der Waals surface area contributed by atoms with Crippen molar-refractivity contribution in [2.24, 2.45) is 0 Å². The zero-order chi connectivity index (χ0) is 26.1. The maximum absolute atomic E-state index is 13.6. The molecule has 0 saturated heterocycles. The number of benzene rings is 2. The van der Waals surface area contributed by atoms with Crippen molar-refractivity contribution >= 4 is 27.5 Å². The zero-order valence-electron chi connectivity index (χ0n) is 21.7. The third kappa shape index (κ3) is 7.82. The van der Waals surface area contributed by atoms with E-state index in [2.05, 4.69) is 5.32 Å². The Balaban J connectivity index is 1.80. The highest BCUT2D eigenvalue weighted by molar-refractivity contribution is 7.92. The lowest BCUT2D eigenvalue weighted by atomic mass is 9.95. The number of rotatable bonds is 11. The maximum Gasteiger partial charge on any atom is 0.244 e. The first-order valence-corrected chi connectivity index (χ1v) is 14.7. The van der Waals surface area contributed by atoms with Gasteiger partial charge in [-0.25, -0.2) is 8.42 Å². The van der Waals surface area contributed by atoms with E-state index in [1.165, 1.54) is 11.3 Å². The van der Waals surface area contributed by atoms with Crippen molar-refractivity contribution < 1.29 is 18.0 Å². The summed E-state index contributed by atoms with van der Waals surface area (Å²) in [6.07, 6.45) is 7.77. The normalized spacial score (nSPS) is 15.2. The van der Waals surface area contributed by atoms with Gasteiger partial charge in [0.05, 0.1) is 11.9 Å². The number of carbonyl (C=O) groups is 2. The number of amides is 2. The molecule has 1 fully saturated rings. The Hall–Kier alpha value is -2.87. The summed E-state index contributed by atoms with van der Waals surface area (Å²) in [4.78, 5) is 28.3. The summed E-state index contributed by atoms with van der Waals surface area (Å²) in [5.74, 6) is -0.594. The molecule has 0 aliphatic heterocycles. The van der Waals surface area contributed by atoms with Crippen molar-refractivity contribution in [2.75, 3.05) is 23.7 Å². The number of nitrogens with one attached hydrogen (secondary N) is 1. The average molecular weight is 514 g/mol. The highest BCUT2D eigenvalue weighted by atomic mass is 32.2. The molecule has 0 aromatic heterocycles. The fraction of sp³-hybridized carbons (Fsp3) is 0.500. The van der Waals surface area contributed by atoms with Crippen molar-refractivity contribution in [1.82, 2.24) is 10.2 Å². The van der Waals surface area contributed by atoms with Crippen LogP contribution in [0.25, 0.3) is 0 Å². The minimum atomic E-state index is -3.72. The van der Waals surface area contributed by atoms with E-state index >= 15 is 0 Å². The van der Waals surface area contributed by atoms with Gasteiger partial charge in [-0.2, -0.15) is 0 Å². The molecular formula is C28H39N3O4S. The summed E-state index contributed by atoms with van der Waals surface area (Å²) in [7, 11) is -3.72. The molecule has 1 N–H and O–H groups in total. The molecule has 2 aromatic rings. The Labute approximate surface area is 215 Å². The van der Waals surface area contributed by atoms with E-state index in [9.17, 15) is 18.0 Å². The van der Waals surface area contributed by atoms with Gasteiger partial charge in [-0.05, 0) is 55.9 Å². The topological polar surface area (TPSA) is 86.8 Å². The molecule has 1 atom stereocenters. The van der Waals surface area contributed by atoms with E-state index in [1.54, 1.807) is 19.1 Å². The molecule has 0 radical (unpaired) electrons. The number of hydrogen-bond acceptors (Lipinski definition) is 4. The third-order valence-corrected chi connectivity index (χ3v) is 8.06. The van der Waals surface area contributed by atoms with Gasteiger partial charge in [-0.1, -0.05) is 68.7 Å². The van der Waals surface area contributed by atoms with Gasteiger partial charge in [0.25, 0.3) is 0 Å². The Morgan fingerprint density at radius 1 is 0.972 bits per heavy atom. The second kappa shape index (κ2) is 12.9. The van der Waals surface area contributed by atoms with Gasteiger partial charge < -0.3 is 10.2 Å². The standard InChI is InChI=1S/C28H39N3O4S/c1-4-23-15-17-26(18-16-23)31(36(3,34)35)21-27(32)30(20-19-24-11-7-5-8-12-24)22(2)28(33)29-25-13-9-6-10-14-25/h5,7-8,11-12,15-18,22,25H,4,6,9-10,13-14,19-21H2,1-3H3,(H,29,33). The molecule has 8 heteroatoms. The minimum absolute atomic E-state index is 0.129. The predicted molar refractivity (Wildman–Crippen MR) is 144 cm³/mol. The highest BCUT2D eigenvalue weighted by Crippen LogP contribution is 2.20. The van der Waals surface area contributed by atoms with Gasteiger partial charge in [0.2, 0.25) is 21.8 Å². The van der Waals surface area contributed by atoms with Crippen LogP contribution in [-0.4, -0.2) is 56.6 Å². The fourth-order valence-electron chi connectivity index (χ4n) is 4.65. The van der Waals surface area contributed by atoms with E-state index in [0.29, 0.717) is 18.7 Å². The van der Waals surface area contributed by atoms with Gasteiger partial charge in [0.15, 0.2) is 0 Å². The van der Waals surface area contributed by atoms with Crippen LogP contribution in [-0.2, 0) is 32.5 Å². The average Bonchev–Trinajstić information content (AvgIpc) is 2.88. The van der Waals surface area contributed by atoms with Gasteiger partial charge in [-0.3, -0.25) is 13.9 Å². The van der Waals surface area contributed by atoms with Crippen LogP contribution < -0.4 is 9.62 Å². The molecule has 1 saturated carbocycles. The van der Waals surface area contributed by atoms with Crippen molar-refractivity contribution in [2.45, 2.75) is 70.9 Å². The molecular weight excluding hydrogens is 474 g/mol. The van der Waals surface area contributed by atoms with Crippen molar-refractivity contribution in [3.8, 4) is 0 Å². The molecule has 0 heterocycles. The largest absolute Gasteiger partial charge is 0.352 e. The lowest BCUT2D eigenvalue weighted by Gasteiger charge is -2.33. The first-order chi connectivity index (χ1) is 17.2. The van der Waals surface area contributed by atoms with Crippen LogP contribution in [0.15, 0.2) is 54.6 Å². The van der Waals surface area contributed by atoms with E-state index in [1.807, 2.05) is 49.4 Å². The number of nitrogens with zero attached hydrogens (tertiary/aromatic N) is 2. The molecule has 1 aliphatic rings. The van der Waals surface area contributed by atoms with Crippen LogP contribution in [0.2, 0.25) is 0 Å². The van der Waals surface area contributed by atoms with E-state index in [0.717, 1.165) is 53.8 Å². The van der Waals surface area contributed by atoms with Crippen molar-refractivity contribution in [3.63, 3.8) is 0 Å². The van der Waals surface area contributed by atoms with E-state index < -0.39 is 22.0 Å². The first-order valence-electron chi connectivity index (χ1n) is 12.9. The second-order valence-corrected chi connectivity index (χ2v) is 11.5. The molecule has 7 nitrogen and oxygen atoms in total. The number of anilines is 1. The summed E-state index contributed by atoms with van der Waals surface area (Å²) in [5.41, 5.74) is 2.56. The number of sulfonamides is 1.